The van der Waals surface area contributed by atoms with Gasteiger partial charge < -0.3 is 27.4 Å². The van der Waals surface area contributed by atoms with Crippen molar-refractivity contribution in [3.05, 3.63) is 582 Å². The molecule has 0 spiro atoms. The highest BCUT2D eigenvalue weighted by atomic mass is 15.0. The summed E-state index contributed by atoms with van der Waals surface area (Å²) < 4.78 is 14.8. The van der Waals surface area contributed by atoms with Gasteiger partial charge in [-0.05, 0) is 182 Å². The van der Waals surface area contributed by atoms with Crippen LogP contribution in [0.4, 0.5) is 0 Å². The molecule has 0 atom stereocenters. The molecule has 6 nitrogen and oxygen atoms in total. The predicted molar refractivity (Wildman–Crippen MR) is 634 cm³/mol. The van der Waals surface area contributed by atoms with Gasteiger partial charge in [-0.3, -0.25) is 0 Å². The highest BCUT2D eigenvalue weighted by Gasteiger charge is 2.28. The van der Waals surface area contributed by atoms with Crippen LogP contribution >= 0.6 is 0 Å². The average molecular weight is 1910 g/mol. The van der Waals surface area contributed by atoms with Gasteiger partial charge in [-0.1, -0.05) is 467 Å². The van der Waals surface area contributed by atoms with E-state index in [0.717, 1.165) is 34.1 Å². The number of hydrogen-bond acceptors (Lipinski definition) is 0. The van der Waals surface area contributed by atoms with E-state index < -0.39 is 0 Å². The molecule has 0 aliphatic carbocycles. The molecule has 6 heterocycles. The number of nitrogens with zero attached hydrogens (tertiary/aromatic N) is 6. The van der Waals surface area contributed by atoms with Gasteiger partial charge >= 0.3 is 0 Å². The molecule has 150 heavy (non-hydrogen) atoms. The second kappa shape index (κ2) is 37.4. The quantitative estimate of drug-likeness (QED) is 0.0979. The van der Waals surface area contributed by atoms with E-state index in [-0.39, 0.29) is 0 Å². The molecule has 0 saturated carbocycles. The maximum Gasteiger partial charge on any atom is 0.0620 e. The molecule has 0 aliphatic rings. The monoisotopic (exact) mass is 1910 g/mol. The fourth-order valence-corrected chi connectivity index (χ4v) is 23.7. The maximum atomic E-state index is 2.49. The van der Waals surface area contributed by atoms with E-state index in [2.05, 4.69) is 610 Å². The first-order chi connectivity index (χ1) is 74.5. The van der Waals surface area contributed by atoms with Gasteiger partial charge in [0.05, 0.1) is 66.2 Å². The lowest BCUT2D eigenvalue weighted by molar-refractivity contribution is 1.17. The Balaban J connectivity index is 0.000000108. The summed E-state index contributed by atoms with van der Waals surface area (Å²) in [6, 6.07) is 211. The summed E-state index contributed by atoms with van der Waals surface area (Å²) in [5, 5.41) is 15.0. The Labute approximate surface area is 868 Å². The van der Waals surface area contributed by atoms with Gasteiger partial charge in [0.15, 0.2) is 0 Å². The molecule has 30 aromatic rings. The Morgan fingerprint density at radius 2 is 0.247 bits per heavy atom. The minimum Gasteiger partial charge on any atom is -0.309 e. The zero-order valence-electron chi connectivity index (χ0n) is 82.1. The molecule has 0 fully saturated rings. The van der Waals surface area contributed by atoms with E-state index in [9.17, 15) is 0 Å². The molecule has 0 aliphatic heterocycles. The third-order valence-electron chi connectivity index (χ3n) is 30.3. The number of hydrogen-bond donors (Lipinski definition) is 0. The number of rotatable bonds is 15. The highest BCUT2D eigenvalue weighted by Crippen LogP contribution is 2.50. The molecule has 30 rings (SSSR count). The molecule has 702 valence electrons. The Kier molecular flexibility index (Phi) is 21.9. The first-order valence-electron chi connectivity index (χ1n) is 51.6. The fourth-order valence-electron chi connectivity index (χ4n) is 23.7. The molecule has 0 bridgehead atoms. The van der Waals surface area contributed by atoms with Gasteiger partial charge in [-0.2, -0.15) is 0 Å². The van der Waals surface area contributed by atoms with E-state index >= 15 is 0 Å². The number of fused-ring (bicyclic) bond motifs is 18. The van der Waals surface area contributed by atoms with Crippen molar-refractivity contribution in [3.63, 3.8) is 0 Å². The van der Waals surface area contributed by atoms with Crippen LogP contribution in [0.3, 0.4) is 0 Å². The normalized spacial score (nSPS) is 11.6. The van der Waals surface area contributed by atoms with E-state index in [0.29, 0.717) is 0 Å². The van der Waals surface area contributed by atoms with Crippen LogP contribution < -0.4 is 0 Å². The Morgan fingerprint density at radius 1 is 0.0867 bits per heavy atom. The van der Waals surface area contributed by atoms with Crippen molar-refractivity contribution < 1.29 is 0 Å². The van der Waals surface area contributed by atoms with Gasteiger partial charge in [-0.25, -0.2) is 0 Å². The lowest BCUT2D eigenvalue weighted by Gasteiger charge is -2.17. The largest absolute Gasteiger partial charge is 0.309 e. The zero-order valence-corrected chi connectivity index (χ0v) is 82.1. The highest BCUT2D eigenvalue weighted by molar-refractivity contribution is 6.23. The smallest absolute Gasteiger partial charge is 0.0620 e. The first-order valence-corrected chi connectivity index (χ1v) is 51.6. The van der Waals surface area contributed by atoms with Crippen molar-refractivity contribution in [3.8, 4) is 134 Å². The molecule has 24 aromatic carbocycles. The van der Waals surface area contributed by atoms with Crippen molar-refractivity contribution in [2.45, 2.75) is 0 Å². The van der Waals surface area contributed by atoms with E-state index in [4.69, 9.17) is 0 Å². The molecular formula is C144H96N6. The number of benzene rings is 24. The number of para-hydroxylation sites is 13. The molecule has 0 amide bonds. The third-order valence-corrected chi connectivity index (χ3v) is 30.3. The van der Waals surface area contributed by atoms with Crippen LogP contribution in [-0.2, 0) is 0 Å². The van der Waals surface area contributed by atoms with E-state index in [1.165, 1.54) is 231 Å². The van der Waals surface area contributed by atoms with Crippen LogP contribution in [0.15, 0.2) is 582 Å². The van der Waals surface area contributed by atoms with Crippen molar-refractivity contribution in [2.75, 3.05) is 0 Å². The summed E-state index contributed by atoms with van der Waals surface area (Å²) in [7, 11) is 0. The Hall–Kier alpha value is -19.9. The van der Waals surface area contributed by atoms with Crippen LogP contribution in [0, 0.1) is 0 Å². The standard InChI is InChI=1S/3C48H32N2/c1-4-16-33(17-5-1)35-30-36(34-18-6-2-7-19-34)32-38(31-35)50-46-29-13-11-23-40(46)42-25-15-27-44(48(42)50)43-26-14-24-41-39-22-10-12-28-45(39)49(47(41)43)37-20-8-3-9-21-37;1-3-15-33(16-4-1)35-19-11-21-37(31-35)49-45-29-9-7-23-39(45)41-25-13-27-43(47(41)49)44-28-14-26-42-40-24-8-10-30-46(40)50(48(42)44)38-22-12-20-36(32-38)34-17-5-2-6-18-34;1-3-13-33(14-4-1)35-25-29-37(30-26-35)49-45-23-9-7-17-39(45)41-19-11-21-43(47(41)49)44-22-12-20-42-40-18-8-10-24-46(40)50(48(42)44)38-31-27-36(28-32-38)34-15-5-2-6-16-34/h3*1-32H. The zero-order chi connectivity index (χ0) is 99.1. The van der Waals surface area contributed by atoms with Crippen LogP contribution in [-0.4, -0.2) is 27.4 Å². The molecule has 0 unspecified atom stereocenters. The Bertz CT molecular complexity index is 9950. The minimum absolute atomic E-state index is 1.14. The number of aromatic nitrogens is 6. The van der Waals surface area contributed by atoms with Crippen molar-refractivity contribution in [2.24, 2.45) is 0 Å². The molecule has 0 saturated heterocycles. The molecular weight excluding hydrogens is 1810 g/mol. The fraction of sp³-hybridized carbons (Fsp3) is 0. The summed E-state index contributed by atoms with van der Waals surface area (Å²) in [5.74, 6) is 0. The molecule has 6 heteroatoms. The van der Waals surface area contributed by atoms with E-state index in [1.54, 1.807) is 0 Å². The predicted octanol–water partition coefficient (Wildman–Crippen LogP) is 38.6. The minimum atomic E-state index is 1.14. The van der Waals surface area contributed by atoms with Gasteiger partial charge in [0, 0.05) is 132 Å². The van der Waals surface area contributed by atoms with Gasteiger partial charge in [0.2, 0.25) is 0 Å². The summed E-state index contributed by atoms with van der Waals surface area (Å²) in [5.41, 5.74) is 43.0. The topological polar surface area (TPSA) is 29.6 Å². The lowest BCUT2D eigenvalue weighted by Crippen LogP contribution is -1.99. The molecule has 6 aromatic heterocycles. The first kappa shape index (κ1) is 87.8. The Morgan fingerprint density at radius 3 is 0.500 bits per heavy atom. The summed E-state index contributed by atoms with van der Waals surface area (Å²) in [4.78, 5) is 0. The van der Waals surface area contributed by atoms with Crippen molar-refractivity contribution in [1.29, 1.82) is 0 Å². The summed E-state index contributed by atoms with van der Waals surface area (Å²) >= 11 is 0. The second-order valence-electron chi connectivity index (χ2n) is 38.8. The maximum absolute atomic E-state index is 2.49. The van der Waals surface area contributed by atoms with Gasteiger partial charge in [-0.15, -0.1) is 0 Å². The van der Waals surface area contributed by atoms with Crippen LogP contribution in [0.25, 0.3) is 265 Å². The van der Waals surface area contributed by atoms with Crippen LogP contribution in [0.5, 0.6) is 0 Å². The van der Waals surface area contributed by atoms with E-state index in [1.807, 2.05) is 0 Å². The van der Waals surface area contributed by atoms with Gasteiger partial charge in [0.25, 0.3) is 0 Å². The van der Waals surface area contributed by atoms with Crippen LogP contribution in [0.2, 0.25) is 0 Å². The molecule has 0 N–H and O–H groups in total. The molecule has 0 radical (unpaired) electrons. The van der Waals surface area contributed by atoms with Gasteiger partial charge in [0.1, 0.15) is 0 Å². The summed E-state index contributed by atoms with van der Waals surface area (Å²) in [6.45, 7) is 0. The lowest BCUT2D eigenvalue weighted by atomic mass is 9.97. The van der Waals surface area contributed by atoms with Crippen molar-refractivity contribution in [1.82, 2.24) is 27.4 Å². The van der Waals surface area contributed by atoms with Crippen molar-refractivity contribution >= 4 is 131 Å². The average Bonchev–Trinajstić information content (AvgIpc) is 1.56. The van der Waals surface area contributed by atoms with Crippen LogP contribution in [0.1, 0.15) is 0 Å². The third kappa shape index (κ3) is 15.1. The second-order valence-corrected chi connectivity index (χ2v) is 38.8. The summed E-state index contributed by atoms with van der Waals surface area (Å²) in [6.07, 6.45) is 0. The SMILES string of the molecule is c1ccc(-c2cc(-c3ccccc3)cc(-n3c4ccccc4c4cccc(-c5cccc6c7ccccc7n(-c7ccccc7)c56)c43)c2)cc1.c1ccc(-c2ccc(-n3c4ccccc4c4cccc(-c5cccc6c7ccccc7n(-c7ccc(-c8ccccc8)cc7)c56)c43)cc2)cc1.c1ccc(-c2cccc(-n3c4ccccc4c4cccc(-c5cccc6c7ccccc7n(-c7cccc(-c8ccccc8)c7)c56)c43)c2)cc1.